The van der Waals surface area contributed by atoms with Crippen LogP contribution in [0.25, 0.3) is 0 Å². The number of halogens is 1. The highest BCUT2D eigenvalue weighted by atomic mass is 19.1. The molecule has 11 heteroatoms. The summed E-state index contributed by atoms with van der Waals surface area (Å²) in [5.74, 6) is 0.321. The van der Waals surface area contributed by atoms with Gasteiger partial charge in [-0.1, -0.05) is 6.58 Å². The summed E-state index contributed by atoms with van der Waals surface area (Å²) in [6, 6.07) is 3.26. The Balaban J connectivity index is 1.99. The van der Waals surface area contributed by atoms with E-state index in [1.807, 2.05) is 6.07 Å². The predicted molar refractivity (Wildman–Crippen MR) is 126 cm³/mol. The SMILES string of the molecule is C=C(N)/N=C(C)\N=C(/N)c1cc([C@@H](C)N2CCOCC2)cnc1Nc1cnc(OC)c(F)c1. The summed E-state index contributed by atoms with van der Waals surface area (Å²) in [5, 5.41) is 3.06. The van der Waals surface area contributed by atoms with E-state index >= 15 is 0 Å². The second-order valence-electron chi connectivity index (χ2n) is 7.48. The zero-order chi connectivity index (χ0) is 24.0. The van der Waals surface area contributed by atoms with Gasteiger partial charge in [0.1, 0.15) is 23.3 Å². The van der Waals surface area contributed by atoms with E-state index in [0.29, 0.717) is 36.1 Å². The fraction of sp³-hybridized carbons (Fsp3) is 0.364. The molecule has 2 aromatic rings. The number of nitrogens with two attached hydrogens (primary N) is 2. The number of morpholine rings is 1. The summed E-state index contributed by atoms with van der Waals surface area (Å²) >= 11 is 0. The number of pyridine rings is 2. The van der Waals surface area contributed by atoms with Gasteiger partial charge in [0.25, 0.3) is 0 Å². The molecule has 1 fully saturated rings. The van der Waals surface area contributed by atoms with Crippen LogP contribution in [0, 0.1) is 5.82 Å². The number of methoxy groups -OCH3 is 1. The van der Waals surface area contributed by atoms with Crippen LogP contribution in [0.3, 0.4) is 0 Å². The van der Waals surface area contributed by atoms with Crippen molar-refractivity contribution in [3.8, 4) is 5.88 Å². The number of nitrogens with one attached hydrogen (secondary N) is 1. The minimum Gasteiger partial charge on any atom is -0.479 e. The molecule has 10 nitrogen and oxygen atoms in total. The van der Waals surface area contributed by atoms with Crippen molar-refractivity contribution < 1.29 is 13.9 Å². The number of amidine groups is 2. The first kappa shape index (κ1) is 24.1. The lowest BCUT2D eigenvalue weighted by Gasteiger charge is -2.32. The molecule has 5 N–H and O–H groups in total. The highest BCUT2D eigenvalue weighted by Gasteiger charge is 2.21. The third-order valence-electron chi connectivity index (χ3n) is 5.11. The highest BCUT2D eigenvalue weighted by Crippen LogP contribution is 2.27. The first-order chi connectivity index (χ1) is 15.8. The second kappa shape index (κ2) is 10.8. The Morgan fingerprint density at radius 1 is 1.24 bits per heavy atom. The number of anilines is 2. The molecule has 0 spiro atoms. The van der Waals surface area contributed by atoms with E-state index in [1.165, 1.54) is 19.4 Å². The van der Waals surface area contributed by atoms with Crippen LogP contribution >= 0.6 is 0 Å². The van der Waals surface area contributed by atoms with Crippen molar-refractivity contribution in [2.24, 2.45) is 21.5 Å². The molecule has 1 aliphatic heterocycles. The Morgan fingerprint density at radius 3 is 2.61 bits per heavy atom. The van der Waals surface area contributed by atoms with Gasteiger partial charge in [0, 0.05) is 31.4 Å². The maximum absolute atomic E-state index is 14.1. The molecule has 0 aliphatic carbocycles. The molecule has 3 rings (SSSR count). The molecule has 1 atom stereocenters. The second-order valence-corrected chi connectivity index (χ2v) is 7.48. The van der Waals surface area contributed by atoms with Crippen LogP contribution in [0.15, 0.2) is 46.9 Å². The minimum absolute atomic E-state index is 0.0840. The van der Waals surface area contributed by atoms with Gasteiger partial charge >= 0.3 is 0 Å². The number of hydrogen-bond acceptors (Lipinski definition) is 8. The van der Waals surface area contributed by atoms with Crippen molar-refractivity contribution in [2.75, 3.05) is 38.7 Å². The number of rotatable bonds is 7. The van der Waals surface area contributed by atoms with Crippen LogP contribution in [0.2, 0.25) is 0 Å². The van der Waals surface area contributed by atoms with E-state index in [2.05, 4.69) is 43.7 Å². The van der Waals surface area contributed by atoms with Crippen LogP contribution in [0.4, 0.5) is 15.9 Å². The molecule has 3 heterocycles. The van der Waals surface area contributed by atoms with Crippen LogP contribution in [-0.2, 0) is 4.74 Å². The number of nitrogens with zero attached hydrogens (tertiary/aromatic N) is 5. The molecule has 0 amide bonds. The van der Waals surface area contributed by atoms with E-state index in [1.54, 1.807) is 13.1 Å². The first-order valence-corrected chi connectivity index (χ1v) is 10.4. The summed E-state index contributed by atoms with van der Waals surface area (Å²) in [6.45, 7) is 10.3. The average molecular weight is 457 g/mol. The van der Waals surface area contributed by atoms with Gasteiger partial charge < -0.3 is 26.3 Å². The Hall–Kier alpha value is -3.57. The van der Waals surface area contributed by atoms with Crippen molar-refractivity contribution in [3.63, 3.8) is 0 Å². The third-order valence-corrected chi connectivity index (χ3v) is 5.11. The van der Waals surface area contributed by atoms with E-state index in [-0.39, 0.29) is 23.6 Å². The van der Waals surface area contributed by atoms with Gasteiger partial charge in [0.2, 0.25) is 5.88 Å². The zero-order valence-corrected chi connectivity index (χ0v) is 19.0. The Bertz CT molecular complexity index is 1070. The maximum atomic E-state index is 14.1. The van der Waals surface area contributed by atoms with Gasteiger partial charge in [-0.2, -0.15) is 0 Å². The first-order valence-electron chi connectivity index (χ1n) is 10.4. The van der Waals surface area contributed by atoms with Crippen LogP contribution in [0.5, 0.6) is 5.88 Å². The van der Waals surface area contributed by atoms with Crippen LogP contribution < -0.4 is 21.5 Å². The number of hydrogen-bond donors (Lipinski definition) is 3. The molecular formula is C22H29FN8O2. The van der Waals surface area contributed by atoms with Crippen molar-refractivity contribution in [2.45, 2.75) is 19.9 Å². The van der Waals surface area contributed by atoms with Crippen molar-refractivity contribution in [3.05, 3.63) is 53.9 Å². The molecule has 0 saturated carbocycles. The van der Waals surface area contributed by atoms with Gasteiger partial charge in [-0.05, 0) is 25.5 Å². The summed E-state index contributed by atoms with van der Waals surface area (Å²) in [6.07, 6.45) is 3.20. The quantitative estimate of drug-likeness (QED) is 0.427. The van der Waals surface area contributed by atoms with Gasteiger partial charge in [-0.15, -0.1) is 0 Å². The van der Waals surface area contributed by atoms with Crippen LogP contribution in [0.1, 0.15) is 31.0 Å². The Labute approximate surface area is 192 Å². The van der Waals surface area contributed by atoms with Crippen LogP contribution in [-0.4, -0.2) is 60.0 Å². The molecule has 176 valence electrons. The third kappa shape index (κ3) is 6.24. The minimum atomic E-state index is -0.604. The van der Waals surface area contributed by atoms with E-state index in [0.717, 1.165) is 18.7 Å². The lowest BCUT2D eigenvalue weighted by atomic mass is 10.1. The van der Waals surface area contributed by atoms with Gasteiger partial charge in [0.05, 0.1) is 37.8 Å². The lowest BCUT2D eigenvalue weighted by Crippen LogP contribution is -2.38. The smallest absolute Gasteiger partial charge is 0.250 e. The summed E-state index contributed by atoms with van der Waals surface area (Å²) < 4.78 is 24.5. The number of aliphatic imine (C=N–C) groups is 2. The van der Waals surface area contributed by atoms with Gasteiger partial charge in [-0.25, -0.2) is 24.3 Å². The van der Waals surface area contributed by atoms with Gasteiger partial charge in [0.15, 0.2) is 5.82 Å². The van der Waals surface area contributed by atoms with E-state index in [4.69, 9.17) is 20.9 Å². The Morgan fingerprint density at radius 2 is 1.97 bits per heavy atom. The lowest BCUT2D eigenvalue weighted by molar-refractivity contribution is 0.0198. The predicted octanol–water partition coefficient (Wildman–Crippen LogP) is 2.31. The molecule has 0 bridgehead atoms. The largest absolute Gasteiger partial charge is 0.479 e. The van der Waals surface area contributed by atoms with Crippen molar-refractivity contribution in [1.82, 2.24) is 14.9 Å². The van der Waals surface area contributed by atoms with Crippen molar-refractivity contribution in [1.29, 1.82) is 0 Å². The molecule has 2 aromatic heterocycles. The number of ether oxygens (including phenoxy) is 2. The summed E-state index contributed by atoms with van der Waals surface area (Å²) in [5.41, 5.74) is 13.7. The van der Waals surface area contributed by atoms with E-state index < -0.39 is 5.82 Å². The number of aromatic nitrogens is 2. The molecule has 0 radical (unpaired) electrons. The van der Waals surface area contributed by atoms with Crippen molar-refractivity contribution >= 4 is 23.2 Å². The molecule has 0 unspecified atom stereocenters. The van der Waals surface area contributed by atoms with Gasteiger partial charge in [-0.3, -0.25) is 4.90 Å². The molecular weight excluding hydrogens is 427 g/mol. The summed E-state index contributed by atoms with van der Waals surface area (Å²) in [4.78, 5) is 19.1. The fourth-order valence-corrected chi connectivity index (χ4v) is 3.43. The fourth-order valence-electron chi connectivity index (χ4n) is 3.43. The van der Waals surface area contributed by atoms with E-state index in [9.17, 15) is 4.39 Å². The normalized spacial score (nSPS) is 16.4. The molecule has 1 saturated heterocycles. The Kier molecular flexibility index (Phi) is 7.91. The highest BCUT2D eigenvalue weighted by molar-refractivity contribution is 6.08. The zero-order valence-electron chi connectivity index (χ0n) is 19.0. The molecule has 1 aliphatic rings. The molecule has 33 heavy (non-hydrogen) atoms. The monoisotopic (exact) mass is 456 g/mol. The maximum Gasteiger partial charge on any atom is 0.250 e. The average Bonchev–Trinajstić information content (AvgIpc) is 2.79. The molecule has 0 aromatic carbocycles. The standard InChI is InChI=1S/C22H29FN8O2/c1-13(31-5-7-33-8-6-31)16-9-18(20(25)29-15(3)28-14(2)24)21(26-11-16)30-17-10-19(23)22(32-4)27-12-17/h9-13H,2,5-8,24H2,1,3-4H3,(H,26,30)(H2,25,28,29)/t13-/m1/s1. The summed E-state index contributed by atoms with van der Waals surface area (Å²) in [7, 11) is 1.35. The topological polar surface area (TPSA) is 136 Å².